The zero-order valence-electron chi connectivity index (χ0n) is 16.1. The molecule has 0 bridgehead atoms. The molecule has 0 saturated heterocycles. The zero-order chi connectivity index (χ0) is 21.2. The molecule has 8 heteroatoms. The van der Waals surface area contributed by atoms with Crippen molar-refractivity contribution in [1.29, 1.82) is 5.26 Å². The van der Waals surface area contributed by atoms with Crippen molar-refractivity contribution in [3.63, 3.8) is 0 Å². The van der Waals surface area contributed by atoms with Crippen LogP contribution in [0.25, 0.3) is 11.3 Å². The molecule has 0 amide bonds. The number of halogens is 3. The molecule has 1 atom stereocenters. The van der Waals surface area contributed by atoms with Crippen molar-refractivity contribution in [3.8, 4) is 23.1 Å². The number of rotatable bonds is 3. The van der Waals surface area contributed by atoms with E-state index in [-0.39, 0.29) is 11.6 Å². The van der Waals surface area contributed by atoms with E-state index in [0.29, 0.717) is 17.7 Å². The van der Waals surface area contributed by atoms with Crippen LogP contribution in [0.2, 0.25) is 0 Å². The van der Waals surface area contributed by atoms with E-state index >= 15 is 0 Å². The van der Waals surface area contributed by atoms with Crippen LogP contribution in [0.4, 0.5) is 13.2 Å². The van der Waals surface area contributed by atoms with Crippen LogP contribution in [0.5, 0.6) is 5.75 Å². The van der Waals surface area contributed by atoms with Gasteiger partial charge in [-0.15, -0.1) is 0 Å². The van der Waals surface area contributed by atoms with Crippen molar-refractivity contribution in [2.45, 2.75) is 38.8 Å². The molecular weight excluding hydrogens is 383 g/mol. The lowest BCUT2D eigenvalue weighted by Gasteiger charge is -2.21. The molecule has 0 radical (unpaired) electrons. The maximum Gasteiger partial charge on any atom is 0.417 e. The minimum absolute atomic E-state index is 0.0192. The first kappa shape index (κ1) is 20.6. The highest BCUT2D eigenvalue weighted by atomic mass is 19.4. The van der Waals surface area contributed by atoms with Gasteiger partial charge in [0, 0.05) is 11.3 Å². The van der Waals surface area contributed by atoms with Gasteiger partial charge in [-0.3, -0.25) is 4.79 Å². The van der Waals surface area contributed by atoms with E-state index < -0.39 is 22.9 Å². The Bertz CT molecular complexity index is 1030. The first-order valence-corrected chi connectivity index (χ1v) is 9.25. The predicted molar refractivity (Wildman–Crippen MR) is 103 cm³/mol. The quantitative estimate of drug-likeness (QED) is 0.737. The lowest BCUT2D eigenvalue weighted by Crippen LogP contribution is -2.28. The highest BCUT2D eigenvalue weighted by Crippen LogP contribution is 2.34. The maximum absolute atomic E-state index is 13.5. The molecule has 3 rings (SSSR count). The van der Waals surface area contributed by atoms with Gasteiger partial charge in [0.15, 0.2) is 0 Å². The van der Waals surface area contributed by atoms with Crippen LogP contribution in [-0.2, 0) is 6.18 Å². The summed E-state index contributed by atoms with van der Waals surface area (Å²) in [5, 5.41) is 13.7. The molecule has 5 nitrogen and oxygen atoms in total. The van der Waals surface area contributed by atoms with E-state index in [1.54, 1.807) is 24.3 Å². The maximum atomic E-state index is 13.5. The van der Waals surface area contributed by atoms with Gasteiger partial charge >= 0.3 is 6.18 Å². The number of aromatic nitrogens is 1. The number of pyridine rings is 1. The number of nitrogens with zero attached hydrogens (tertiary/aromatic N) is 3. The second-order valence-corrected chi connectivity index (χ2v) is 7.01. The molecule has 1 aromatic carbocycles. The second kappa shape index (κ2) is 8.11. The Morgan fingerprint density at radius 1 is 1.24 bits per heavy atom. The molecule has 2 aromatic rings. The van der Waals surface area contributed by atoms with Gasteiger partial charge in [-0.05, 0) is 55.5 Å². The van der Waals surface area contributed by atoms with Crippen molar-refractivity contribution in [2.75, 3.05) is 7.11 Å². The van der Waals surface area contributed by atoms with Crippen LogP contribution >= 0.6 is 0 Å². The molecule has 1 aliphatic carbocycles. The first-order valence-electron chi connectivity index (χ1n) is 9.25. The monoisotopic (exact) mass is 403 g/mol. The average molecular weight is 403 g/mol. The van der Waals surface area contributed by atoms with Gasteiger partial charge in [0.25, 0.3) is 5.56 Å². The third-order valence-corrected chi connectivity index (χ3v) is 5.11. The Labute approximate surface area is 166 Å². The van der Waals surface area contributed by atoms with Crippen LogP contribution in [0.3, 0.4) is 0 Å². The lowest BCUT2D eigenvalue weighted by atomic mass is 9.89. The van der Waals surface area contributed by atoms with Crippen molar-refractivity contribution in [1.82, 2.24) is 4.68 Å². The number of hydrogen-bond acceptors (Lipinski definition) is 4. The molecule has 29 heavy (non-hydrogen) atoms. The molecule has 1 aliphatic rings. The number of nitriles is 1. The number of methoxy groups -OCH3 is 1. The highest BCUT2D eigenvalue weighted by molar-refractivity contribution is 5.87. The van der Waals surface area contributed by atoms with Crippen molar-refractivity contribution in [2.24, 2.45) is 11.0 Å². The molecule has 0 spiro atoms. The lowest BCUT2D eigenvalue weighted by molar-refractivity contribution is -0.137. The molecule has 1 fully saturated rings. The number of hydrogen-bond donors (Lipinski definition) is 0. The molecule has 0 aliphatic heterocycles. The van der Waals surface area contributed by atoms with E-state index in [0.717, 1.165) is 35.7 Å². The smallest absolute Gasteiger partial charge is 0.417 e. The summed E-state index contributed by atoms with van der Waals surface area (Å²) in [6.45, 7) is 1.98. The standard InChI is InChI=1S/C21H20F3N3O2/c1-13-5-3-4-6-18(13)26-27-19(14-7-9-15(29-2)10-8-14)11-17(21(22,23)24)16(12-25)20(27)28/h7-11,13H,3-6H2,1-2H3. The Balaban J connectivity index is 2.31. The van der Waals surface area contributed by atoms with Crippen molar-refractivity contribution < 1.29 is 17.9 Å². The summed E-state index contributed by atoms with van der Waals surface area (Å²) in [4.78, 5) is 12.9. The predicted octanol–water partition coefficient (Wildman–Crippen LogP) is 4.83. The van der Waals surface area contributed by atoms with Gasteiger partial charge in [0.2, 0.25) is 0 Å². The molecule has 1 unspecified atom stereocenters. The topological polar surface area (TPSA) is 67.4 Å². The van der Waals surface area contributed by atoms with Gasteiger partial charge in [0.05, 0.1) is 18.4 Å². The fraction of sp³-hybridized carbons (Fsp3) is 0.381. The SMILES string of the molecule is COc1ccc(-c2cc(C(F)(F)F)c(C#N)c(=O)n2N=C2CCCCC2C)cc1. The van der Waals surface area contributed by atoms with Crippen LogP contribution in [0.15, 0.2) is 40.2 Å². The Morgan fingerprint density at radius 2 is 1.93 bits per heavy atom. The fourth-order valence-electron chi connectivity index (χ4n) is 3.45. The average Bonchev–Trinajstić information content (AvgIpc) is 2.70. The summed E-state index contributed by atoms with van der Waals surface area (Å²) < 4.78 is 46.6. The van der Waals surface area contributed by atoms with E-state index in [1.807, 2.05) is 6.92 Å². The van der Waals surface area contributed by atoms with Gasteiger partial charge in [-0.2, -0.15) is 28.2 Å². The number of alkyl halides is 3. The highest BCUT2D eigenvalue weighted by Gasteiger charge is 2.36. The first-order chi connectivity index (χ1) is 13.8. The van der Waals surface area contributed by atoms with Crippen LogP contribution in [0.1, 0.15) is 43.7 Å². The van der Waals surface area contributed by atoms with Crippen LogP contribution in [-0.4, -0.2) is 17.5 Å². The van der Waals surface area contributed by atoms with Crippen LogP contribution in [0, 0.1) is 17.2 Å². The number of benzene rings is 1. The molecule has 1 aromatic heterocycles. The third-order valence-electron chi connectivity index (χ3n) is 5.11. The number of ether oxygens (including phenoxy) is 1. The van der Waals surface area contributed by atoms with Gasteiger partial charge in [0.1, 0.15) is 17.4 Å². The molecule has 0 N–H and O–H groups in total. The second-order valence-electron chi connectivity index (χ2n) is 7.01. The van der Waals surface area contributed by atoms with Crippen molar-refractivity contribution >= 4 is 5.71 Å². The molecule has 1 heterocycles. The van der Waals surface area contributed by atoms with Gasteiger partial charge in [-0.1, -0.05) is 13.3 Å². The Morgan fingerprint density at radius 3 is 2.48 bits per heavy atom. The summed E-state index contributed by atoms with van der Waals surface area (Å²) in [5.74, 6) is 0.645. The van der Waals surface area contributed by atoms with E-state index in [2.05, 4.69) is 5.10 Å². The zero-order valence-corrected chi connectivity index (χ0v) is 16.1. The summed E-state index contributed by atoms with van der Waals surface area (Å²) >= 11 is 0. The van der Waals surface area contributed by atoms with Gasteiger partial charge < -0.3 is 4.74 Å². The molecular formula is C21H20F3N3O2. The fourth-order valence-corrected chi connectivity index (χ4v) is 3.45. The Hall–Kier alpha value is -3.08. The third kappa shape index (κ3) is 4.19. The Kier molecular flexibility index (Phi) is 5.78. The minimum atomic E-state index is -4.84. The van der Waals surface area contributed by atoms with E-state index in [1.165, 1.54) is 13.2 Å². The molecule has 1 saturated carbocycles. The van der Waals surface area contributed by atoms with Crippen LogP contribution < -0.4 is 10.3 Å². The summed E-state index contributed by atoms with van der Waals surface area (Å²) in [6.07, 6.45) is -1.33. The van der Waals surface area contributed by atoms with Crippen molar-refractivity contribution in [3.05, 3.63) is 51.8 Å². The normalized spacial score (nSPS) is 18.5. The minimum Gasteiger partial charge on any atom is -0.497 e. The van der Waals surface area contributed by atoms with Gasteiger partial charge in [-0.25, -0.2) is 0 Å². The largest absolute Gasteiger partial charge is 0.497 e. The van der Waals surface area contributed by atoms with E-state index in [9.17, 15) is 23.2 Å². The summed E-state index contributed by atoms with van der Waals surface area (Å²) in [5.41, 5.74) is -2.19. The van der Waals surface area contributed by atoms with E-state index in [4.69, 9.17) is 4.74 Å². The summed E-state index contributed by atoms with van der Waals surface area (Å²) in [6, 6.07) is 8.52. The molecule has 152 valence electrons. The summed E-state index contributed by atoms with van der Waals surface area (Å²) in [7, 11) is 1.48.